The summed E-state index contributed by atoms with van der Waals surface area (Å²) in [6, 6.07) is 3.64. The van der Waals surface area contributed by atoms with Crippen LogP contribution in [0, 0.1) is 5.41 Å². The zero-order valence-electron chi connectivity index (χ0n) is 11.2. The third kappa shape index (κ3) is 3.96. The van der Waals surface area contributed by atoms with Gasteiger partial charge in [0, 0.05) is 13.2 Å². The van der Waals surface area contributed by atoms with E-state index in [2.05, 4.69) is 4.72 Å². The number of halogens is 3. The largest absolute Gasteiger partial charge is 0.416 e. The Balaban J connectivity index is 2.13. The van der Waals surface area contributed by atoms with Crippen molar-refractivity contribution in [3.05, 3.63) is 29.8 Å². The first-order valence-electron chi connectivity index (χ1n) is 6.46. The van der Waals surface area contributed by atoms with Crippen LogP contribution in [0.25, 0.3) is 0 Å². The van der Waals surface area contributed by atoms with Gasteiger partial charge in [0.1, 0.15) is 0 Å². The molecule has 2 rings (SSSR count). The van der Waals surface area contributed by atoms with E-state index in [4.69, 9.17) is 5.11 Å². The molecule has 1 fully saturated rings. The summed E-state index contributed by atoms with van der Waals surface area (Å²) in [5, 5.41) is 8.91. The van der Waals surface area contributed by atoms with Crippen LogP contribution in [-0.4, -0.2) is 26.7 Å². The molecule has 0 unspecified atom stereocenters. The van der Waals surface area contributed by atoms with E-state index in [1.165, 1.54) is 0 Å². The van der Waals surface area contributed by atoms with Crippen LogP contribution in [0.1, 0.15) is 24.8 Å². The molecule has 0 aliphatic heterocycles. The molecule has 118 valence electrons. The fourth-order valence-corrected chi connectivity index (χ4v) is 3.30. The lowest BCUT2D eigenvalue weighted by Crippen LogP contribution is -2.31. The molecule has 1 saturated carbocycles. The highest BCUT2D eigenvalue weighted by Gasteiger charge is 2.42. The van der Waals surface area contributed by atoms with Gasteiger partial charge in [0.15, 0.2) is 0 Å². The molecule has 1 aromatic carbocycles. The van der Waals surface area contributed by atoms with E-state index in [0.29, 0.717) is 12.5 Å². The van der Waals surface area contributed by atoms with Crippen LogP contribution < -0.4 is 4.72 Å². The molecule has 1 aliphatic carbocycles. The Labute approximate surface area is 121 Å². The lowest BCUT2D eigenvalue weighted by Gasteiger charge is -2.15. The standard InChI is InChI=1S/C13H16F3NO3S/c14-13(15,16)10-2-1-3-11(8-10)21(19,20)17-9-12(4-5-12)6-7-18/h1-3,8,17-18H,4-7,9H2. The second-order valence-electron chi connectivity index (χ2n) is 5.32. The Morgan fingerprint density at radius 3 is 2.48 bits per heavy atom. The number of aliphatic hydroxyl groups excluding tert-OH is 1. The van der Waals surface area contributed by atoms with Crippen molar-refractivity contribution in [2.24, 2.45) is 5.41 Å². The van der Waals surface area contributed by atoms with Crippen LogP contribution in [-0.2, 0) is 16.2 Å². The van der Waals surface area contributed by atoms with Gasteiger partial charge in [-0.2, -0.15) is 13.2 Å². The summed E-state index contributed by atoms with van der Waals surface area (Å²) < 4.78 is 64.2. The van der Waals surface area contributed by atoms with Gasteiger partial charge in [-0.15, -0.1) is 0 Å². The SMILES string of the molecule is O=S(=O)(NCC1(CCO)CC1)c1cccc(C(F)(F)F)c1. The smallest absolute Gasteiger partial charge is 0.396 e. The Morgan fingerprint density at radius 2 is 1.95 bits per heavy atom. The molecule has 21 heavy (non-hydrogen) atoms. The quantitative estimate of drug-likeness (QED) is 0.843. The molecule has 0 spiro atoms. The molecule has 0 aromatic heterocycles. The van der Waals surface area contributed by atoms with E-state index < -0.39 is 26.7 Å². The van der Waals surface area contributed by atoms with Gasteiger partial charge >= 0.3 is 6.18 Å². The average Bonchev–Trinajstić information content (AvgIpc) is 3.17. The molecule has 0 bridgehead atoms. The van der Waals surface area contributed by atoms with Crippen LogP contribution in [0.5, 0.6) is 0 Å². The van der Waals surface area contributed by atoms with Gasteiger partial charge in [-0.3, -0.25) is 0 Å². The first-order valence-corrected chi connectivity index (χ1v) is 7.95. The Morgan fingerprint density at radius 1 is 1.29 bits per heavy atom. The third-order valence-electron chi connectivity index (χ3n) is 3.71. The van der Waals surface area contributed by atoms with Gasteiger partial charge < -0.3 is 5.11 Å². The summed E-state index contributed by atoms with van der Waals surface area (Å²) >= 11 is 0. The molecular weight excluding hydrogens is 307 g/mol. The molecule has 0 amide bonds. The Kier molecular flexibility index (Phi) is 4.32. The molecule has 0 saturated heterocycles. The fourth-order valence-electron chi connectivity index (χ4n) is 2.10. The number of aliphatic hydroxyl groups is 1. The van der Waals surface area contributed by atoms with Crippen LogP contribution in [0.3, 0.4) is 0 Å². The first-order chi connectivity index (χ1) is 9.69. The van der Waals surface area contributed by atoms with E-state index >= 15 is 0 Å². The summed E-state index contributed by atoms with van der Waals surface area (Å²) in [5.41, 5.74) is -1.24. The summed E-state index contributed by atoms with van der Waals surface area (Å²) in [4.78, 5) is -0.405. The predicted molar refractivity (Wildman–Crippen MR) is 70.0 cm³/mol. The minimum absolute atomic E-state index is 0.0364. The Hall–Kier alpha value is -1.12. The van der Waals surface area contributed by atoms with Gasteiger partial charge in [-0.1, -0.05) is 6.07 Å². The highest BCUT2D eigenvalue weighted by atomic mass is 32.2. The number of hydrogen-bond acceptors (Lipinski definition) is 3. The predicted octanol–water partition coefficient (Wildman–Crippen LogP) is 2.15. The number of sulfonamides is 1. The number of hydrogen-bond donors (Lipinski definition) is 2. The van der Waals surface area contributed by atoms with Gasteiger partial charge in [-0.05, 0) is 42.9 Å². The minimum atomic E-state index is -4.58. The highest BCUT2D eigenvalue weighted by Crippen LogP contribution is 2.48. The Bertz CT molecular complexity index is 609. The van der Waals surface area contributed by atoms with Crippen molar-refractivity contribution in [1.29, 1.82) is 0 Å². The molecule has 0 radical (unpaired) electrons. The highest BCUT2D eigenvalue weighted by molar-refractivity contribution is 7.89. The second-order valence-corrected chi connectivity index (χ2v) is 7.09. The second kappa shape index (κ2) is 5.58. The molecule has 2 N–H and O–H groups in total. The molecule has 4 nitrogen and oxygen atoms in total. The normalized spacial score (nSPS) is 17.7. The summed E-state index contributed by atoms with van der Waals surface area (Å²) in [6.45, 7) is 0.0947. The maximum Gasteiger partial charge on any atom is 0.416 e. The zero-order chi connectivity index (χ0) is 15.7. The van der Waals surface area contributed by atoms with E-state index in [1.807, 2.05) is 0 Å². The number of nitrogens with one attached hydrogen (secondary N) is 1. The fraction of sp³-hybridized carbons (Fsp3) is 0.538. The van der Waals surface area contributed by atoms with Crippen molar-refractivity contribution < 1.29 is 26.7 Å². The van der Waals surface area contributed by atoms with Crippen LogP contribution in [0.2, 0.25) is 0 Å². The molecule has 1 aliphatic rings. The molecule has 1 aromatic rings. The van der Waals surface area contributed by atoms with Crippen molar-refractivity contribution in [2.45, 2.75) is 30.3 Å². The number of rotatable bonds is 6. The van der Waals surface area contributed by atoms with Gasteiger partial charge in [0.25, 0.3) is 0 Å². The van der Waals surface area contributed by atoms with Crippen molar-refractivity contribution in [1.82, 2.24) is 4.72 Å². The van der Waals surface area contributed by atoms with Crippen LogP contribution in [0.15, 0.2) is 29.2 Å². The number of benzene rings is 1. The van der Waals surface area contributed by atoms with Gasteiger partial charge in [-0.25, -0.2) is 13.1 Å². The van der Waals surface area contributed by atoms with Crippen LogP contribution >= 0.6 is 0 Å². The van der Waals surface area contributed by atoms with E-state index in [-0.39, 0.29) is 18.6 Å². The van der Waals surface area contributed by atoms with Crippen LogP contribution in [0.4, 0.5) is 13.2 Å². The minimum Gasteiger partial charge on any atom is -0.396 e. The van der Waals surface area contributed by atoms with E-state index in [9.17, 15) is 21.6 Å². The van der Waals surface area contributed by atoms with Crippen molar-refractivity contribution in [2.75, 3.05) is 13.2 Å². The lowest BCUT2D eigenvalue weighted by molar-refractivity contribution is -0.137. The summed E-state index contributed by atoms with van der Waals surface area (Å²) in [7, 11) is -3.99. The van der Waals surface area contributed by atoms with E-state index in [1.54, 1.807) is 0 Å². The van der Waals surface area contributed by atoms with Gasteiger partial charge in [0.05, 0.1) is 10.5 Å². The molecule has 0 heterocycles. The van der Waals surface area contributed by atoms with Crippen molar-refractivity contribution in [3.8, 4) is 0 Å². The topological polar surface area (TPSA) is 66.4 Å². The molecule has 8 heteroatoms. The lowest BCUT2D eigenvalue weighted by atomic mass is 10.0. The molecular formula is C13H16F3NO3S. The number of alkyl halides is 3. The molecule has 0 atom stereocenters. The van der Waals surface area contributed by atoms with Crippen molar-refractivity contribution in [3.63, 3.8) is 0 Å². The van der Waals surface area contributed by atoms with E-state index in [0.717, 1.165) is 31.0 Å². The third-order valence-corrected chi connectivity index (χ3v) is 5.11. The van der Waals surface area contributed by atoms with Gasteiger partial charge in [0.2, 0.25) is 10.0 Å². The zero-order valence-corrected chi connectivity index (χ0v) is 12.0. The summed E-state index contributed by atoms with van der Waals surface area (Å²) in [6.07, 6.45) is -2.49. The maximum absolute atomic E-state index is 12.6. The average molecular weight is 323 g/mol. The maximum atomic E-state index is 12.6. The van der Waals surface area contributed by atoms with Crippen molar-refractivity contribution >= 4 is 10.0 Å². The monoisotopic (exact) mass is 323 g/mol. The summed E-state index contributed by atoms with van der Waals surface area (Å²) in [5.74, 6) is 0. The first kappa shape index (κ1) is 16.3.